The van der Waals surface area contributed by atoms with E-state index in [-0.39, 0.29) is 18.3 Å². The minimum atomic E-state index is -0.254. The molecule has 0 radical (unpaired) electrons. The normalized spacial score (nSPS) is 11.0. The van der Waals surface area contributed by atoms with Gasteiger partial charge in [-0.25, -0.2) is 4.98 Å². The molecule has 0 spiro atoms. The molecule has 166 valence electrons. The number of carbonyl (C=O) groups excluding carboxylic acids is 1. The number of anilines is 1. The number of hydrogen-bond acceptors (Lipinski definition) is 5. The van der Waals surface area contributed by atoms with Crippen molar-refractivity contribution >= 4 is 34.6 Å². The van der Waals surface area contributed by atoms with Gasteiger partial charge < -0.3 is 19.9 Å². The Morgan fingerprint density at radius 1 is 1.00 bits per heavy atom. The summed E-state index contributed by atoms with van der Waals surface area (Å²) >= 11 is 0. The number of nitrogens with one attached hydrogen (secondary N) is 1. The quantitative estimate of drug-likeness (QED) is 0.400. The van der Waals surface area contributed by atoms with Crippen LogP contribution in [0, 0.1) is 6.92 Å². The molecule has 0 atom stereocenters. The highest BCUT2D eigenvalue weighted by Crippen LogP contribution is 2.29. The zero-order chi connectivity index (χ0) is 23.2. The van der Waals surface area contributed by atoms with Gasteiger partial charge in [0.2, 0.25) is 0 Å². The van der Waals surface area contributed by atoms with Gasteiger partial charge in [-0.3, -0.25) is 4.79 Å². The van der Waals surface area contributed by atoms with Gasteiger partial charge in [0.05, 0.1) is 12.8 Å². The first kappa shape index (κ1) is 21.9. The van der Waals surface area contributed by atoms with Crippen LogP contribution < -0.4 is 14.8 Å². The van der Waals surface area contributed by atoms with Crippen LogP contribution in [-0.2, 0) is 4.79 Å². The number of aromatic nitrogens is 1. The van der Waals surface area contributed by atoms with Crippen LogP contribution in [0.25, 0.3) is 23.1 Å². The molecule has 0 unspecified atom stereocenters. The maximum absolute atomic E-state index is 12.2. The molecule has 0 aliphatic heterocycles. The summed E-state index contributed by atoms with van der Waals surface area (Å²) in [7, 11) is 1.55. The van der Waals surface area contributed by atoms with Gasteiger partial charge in [0.15, 0.2) is 18.1 Å². The predicted octanol–water partition coefficient (Wildman–Crippen LogP) is 5.45. The number of hydrogen-bond donors (Lipinski definition) is 2. The zero-order valence-electron chi connectivity index (χ0n) is 18.4. The van der Waals surface area contributed by atoms with E-state index >= 15 is 0 Å². The molecule has 0 saturated heterocycles. The highest BCUT2D eigenvalue weighted by Gasteiger charge is 2.09. The van der Waals surface area contributed by atoms with E-state index in [1.165, 1.54) is 0 Å². The molecular formula is C27H24N2O4. The van der Waals surface area contributed by atoms with Crippen LogP contribution >= 0.6 is 0 Å². The SMILES string of the molecule is COc1cc(C=Cc2ccc3cccc(O)c3n2)ccc1OCC(=O)Nc1ccc(C)cc1. The summed E-state index contributed by atoms with van der Waals surface area (Å²) in [5, 5.41) is 13.7. The molecule has 0 saturated carbocycles. The maximum Gasteiger partial charge on any atom is 0.262 e. The van der Waals surface area contributed by atoms with Crippen LogP contribution in [0.2, 0.25) is 0 Å². The number of aryl methyl sites for hydroxylation is 1. The number of methoxy groups -OCH3 is 1. The fourth-order valence-electron chi connectivity index (χ4n) is 3.31. The molecular weight excluding hydrogens is 416 g/mol. The van der Waals surface area contributed by atoms with Crippen LogP contribution in [0.15, 0.2) is 72.8 Å². The van der Waals surface area contributed by atoms with Crippen LogP contribution in [0.5, 0.6) is 17.2 Å². The van der Waals surface area contributed by atoms with Gasteiger partial charge in [-0.2, -0.15) is 0 Å². The molecule has 3 aromatic carbocycles. The number of rotatable bonds is 7. The lowest BCUT2D eigenvalue weighted by molar-refractivity contribution is -0.118. The van der Waals surface area contributed by atoms with E-state index in [1.807, 2.05) is 73.7 Å². The first-order valence-corrected chi connectivity index (χ1v) is 10.5. The Labute approximate surface area is 192 Å². The third kappa shape index (κ3) is 5.49. The van der Waals surface area contributed by atoms with E-state index in [9.17, 15) is 9.90 Å². The summed E-state index contributed by atoms with van der Waals surface area (Å²) in [6, 6.07) is 22.1. The van der Waals surface area contributed by atoms with E-state index in [0.29, 0.717) is 17.0 Å². The summed E-state index contributed by atoms with van der Waals surface area (Å²) in [5.74, 6) is 0.889. The van der Waals surface area contributed by atoms with Crippen LogP contribution in [0.1, 0.15) is 16.8 Å². The Morgan fingerprint density at radius 2 is 1.82 bits per heavy atom. The minimum Gasteiger partial charge on any atom is -0.506 e. The van der Waals surface area contributed by atoms with Crippen molar-refractivity contribution in [3.8, 4) is 17.2 Å². The van der Waals surface area contributed by atoms with Crippen molar-refractivity contribution in [3.05, 3.63) is 89.6 Å². The van der Waals surface area contributed by atoms with Gasteiger partial charge in [0, 0.05) is 11.1 Å². The number of nitrogens with zero attached hydrogens (tertiary/aromatic N) is 1. The fraction of sp³-hybridized carbons (Fsp3) is 0.111. The molecule has 0 fully saturated rings. The van der Waals surface area contributed by atoms with Crippen molar-refractivity contribution in [3.63, 3.8) is 0 Å². The zero-order valence-corrected chi connectivity index (χ0v) is 18.4. The summed E-state index contributed by atoms with van der Waals surface area (Å²) in [5.41, 5.74) is 4.00. The number of para-hydroxylation sites is 1. The highest BCUT2D eigenvalue weighted by atomic mass is 16.5. The van der Waals surface area contributed by atoms with Crippen molar-refractivity contribution in [1.29, 1.82) is 0 Å². The van der Waals surface area contributed by atoms with Gasteiger partial charge in [0.25, 0.3) is 5.91 Å². The molecule has 6 heteroatoms. The van der Waals surface area contributed by atoms with E-state index in [2.05, 4.69) is 10.3 Å². The molecule has 1 aromatic heterocycles. The molecule has 0 aliphatic carbocycles. The Morgan fingerprint density at radius 3 is 2.61 bits per heavy atom. The van der Waals surface area contributed by atoms with Crippen molar-refractivity contribution in [1.82, 2.24) is 4.98 Å². The summed E-state index contributed by atoms with van der Waals surface area (Å²) < 4.78 is 11.1. The van der Waals surface area contributed by atoms with Gasteiger partial charge in [-0.05, 0) is 55.0 Å². The van der Waals surface area contributed by atoms with Crippen LogP contribution in [0.3, 0.4) is 0 Å². The third-order valence-corrected chi connectivity index (χ3v) is 5.05. The lowest BCUT2D eigenvalue weighted by atomic mass is 10.1. The number of phenols is 1. The Kier molecular flexibility index (Phi) is 6.55. The first-order valence-electron chi connectivity index (χ1n) is 10.5. The third-order valence-electron chi connectivity index (χ3n) is 5.05. The number of benzene rings is 3. The lowest BCUT2D eigenvalue weighted by Gasteiger charge is -2.11. The van der Waals surface area contributed by atoms with Crippen molar-refractivity contribution in [2.75, 3.05) is 19.0 Å². The van der Waals surface area contributed by atoms with Crippen molar-refractivity contribution in [2.24, 2.45) is 0 Å². The van der Waals surface area contributed by atoms with Crippen molar-refractivity contribution < 1.29 is 19.4 Å². The second kappa shape index (κ2) is 9.87. The number of fused-ring (bicyclic) bond motifs is 1. The number of aromatic hydroxyl groups is 1. The Balaban J connectivity index is 1.42. The molecule has 1 heterocycles. The molecule has 6 nitrogen and oxygen atoms in total. The predicted molar refractivity (Wildman–Crippen MR) is 131 cm³/mol. The van der Waals surface area contributed by atoms with Gasteiger partial charge in [-0.15, -0.1) is 0 Å². The second-order valence-corrected chi connectivity index (χ2v) is 7.53. The number of amides is 1. The lowest BCUT2D eigenvalue weighted by Crippen LogP contribution is -2.20. The molecule has 33 heavy (non-hydrogen) atoms. The minimum absolute atomic E-state index is 0.135. The van der Waals surface area contributed by atoms with Gasteiger partial charge in [-0.1, -0.05) is 48.0 Å². The van der Waals surface area contributed by atoms with E-state index in [0.717, 1.165) is 27.9 Å². The molecule has 0 aliphatic rings. The maximum atomic E-state index is 12.2. The topological polar surface area (TPSA) is 80.7 Å². The molecule has 0 bridgehead atoms. The standard InChI is InChI=1S/C27H24N2O4/c1-18-6-11-21(12-7-18)28-26(31)17-33-24-15-9-19(16-25(24)32-2)8-13-22-14-10-20-4-3-5-23(30)27(20)29-22/h3-16,30H,17H2,1-2H3,(H,28,31). The van der Waals surface area contributed by atoms with E-state index < -0.39 is 0 Å². The van der Waals surface area contributed by atoms with E-state index in [4.69, 9.17) is 9.47 Å². The van der Waals surface area contributed by atoms with E-state index in [1.54, 1.807) is 25.3 Å². The molecule has 4 rings (SSSR count). The van der Waals surface area contributed by atoms with Crippen molar-refractivity contribution in [2.45, 2.75) is 6.92 Å². The first-order chi connectivity index (χ1) is 16.0. The fourth-order valence-corrected chi connectivity index (χ4v) is 3.31. The largest absolute Gasteiger partial charge is 0.506 e. The van der Waals surface area contributed by atoms with Crippen LogP contribution in [0.4, 0.5) is 5.69 Å². The molecule has 4 aromatic rings. The average molecular weight is 440 g/mol. The summed E-state index contributed by atoms with van der Waals surface area (Å²) in [6.07, 6.45) is 3.75. The number of pyridine rings is 1. The monoisotopic (exact) mass is 440 g/mol. The molecule has 1 amide bonds. The summed E-state index contributed by atoms with van der Waals surface area (Å²) in [4.78, 5) is 16.7. The highest BCUT2D eigenvalue weighted by molar-refractivity contribution is 5.92. The second-order valence-electron chi connectivity index (χ2n) is 7.53. The van der Waals surface area contributed by atoms with Crippen LogP contribution in [-0.4, -0.2) is 29.7 Å². The smallest absolute Gasteiger partial charge is 0.262 e. The molecule has 2 N–H and O–H groups in total. The Bertz CT molecular complexity index is 1310. The van der Waals surface area contributed by atoms with Gasteiger partial charge in [0.1, 0.15) is 11.3 Å². The average Bonchev–Trinajstić information content (AvgIpc) is 2.83. The number of phenolic OH excluding ortho intramolecular Hbond substituents is 1. The number of carbonyl (C=O) groups is 1. The Hall–Kier alpha value is -4.32. The number of ether oxygens (including phenoxy) is 2. The van der Waals surface area contributed by atoms with Gasteiger partial charge >= 0.3 is 0 Å². The summed E-state index contributed by atoms with van der Waals surface area (Å²) in [6.45, 7) is 1.85.